The van der Waals surface area contributed by atoms with Crippen LogP contribution in [0.3, 0.4) is 0 Å². The van der Waals surface area contributed by atoms with E-state index in [1.54, 1.807) is 43.4 Å². The van der Waals surface area contributed by atoms with Gasteiger partial charge in [-0.1, -0.05) is 54.1 Å². The lowest BCUT2D eigenvalue weighted by Crippen LogP contribution is -2.47. The van der Waals surface area contributed by atoms with Crippen LogP contribution in [0.1, 0.15) is 33.6 Å². The highest BCUT2D eigenvalue weighted by atomic mass is 127. The Morgan fingerprint density at radius 3 is 2.40 bits per heavy atom. The SMILES string of the molecule is CNC(=O)[C@H]1Cc2ccc(cc2)NC(=O)[C@@H](NC(=O)c2ccnn2C)Cc2cc(ccc2Cl)-c2cccc(c2)CCC(=O)N1.I. The Balaban J connectivity index is 0.00000461. The van der Waals surface area contributed by atoms with Gasteiger partial charge in [-0.05, 0) is 64.6 Å². The van der Waals surface area contributed by atoms with Crippen molar-refractivity contribution in [3.05, 3.63) is 106 Å². The number of fused-ring (bicyclic) bond motifs is 10. The molecule has 0 aliphatic carbocycles. The first kappa shape index (κ1) is 33.7. The van der Waals surface area contributed by atoms with Gasteiger partial charge >= 0.3 is 0 Å². The lowest BCUT2D eigenvalue weighted by Gasteiger charge is -2.21. The summed E-state index contributed by atoms with van der Waals surface area (Å²) in [5, 5.41) is 15.7. The van der Waals surface area contributed by atoms with E-state index in [1.165, 1.54) is 17.9 Å². The van der Waals surface area contributed by atoms with Crippen LogP contribution in [0.15, 0.2) is 79.0 Å². The summed E-state index contributed by atoms with van der Waals surface area (Å²) in [6, 6.07) is 20.3. The minimum Gasteiger partial charge on any atom is -0.357 e. The molecule has 0 unspecified atom stereocenters. The normalized spacial score (nSPS) is 16.9. The monoisotopic (exact) mass is 740 g/mol. The molecular weight excluding hydrogens is 707 g/mol. The second-order valence-corrected chi connectivity index (χ2v) is 11.1. The average Bonchev–Trinajstić information content (AvgIpc) is 3.46. The van der Waals surface area contributed by atoms with Crippen LogP contribution in [-0.2, 0) is 40.7 Å². The van der Waals surface area contributed by atoms with Crippen molar-refractivity contribution in [2.45, 2.75) is 37.8 Å². The van der Waals surface area contributed by atoms with Gasteiger partial charge in [0.1, 0.15) is 17.8 Å². The zero-order chi connectivity index (χ0) is 31.2. The Kier molecular flexibility index (Phi) is 11.3. The maximum atomic E-state index is 13.6. The molecule has 0 fully saturated rings. The summed E-state index contributed by atoms with van der Waals surface area (Å²) in [6.07, 6.45) is 2.61. The molecule has 3 aromatic carbocycles. The van der Waals surface area contributed by atoms with Gasteiger partial charge in [-0.15, -0.1) is 24.0 Å². The van der Waals surface area contributed by atoms with Crippen LogP contribution in [-0.4, -0.2) is 52.5 Å². The van der Waals surface area contributed by atoms with Gasteiger partial charge < -0.3 is 21.3 Å². The van der Waals surface area contributed by atoms with Gasteiger partial charge in [0.05, 0.1) is 0 Å². The van der Waals surface area contributed by atoms with Gasteiger partial charge in [-0.3, -0.25) is 23.9 Å². The highest BCUT2D eigenvalue weighted by molar-refractivity contribution is 14.0. The molecule has 4 N–H and O–H groups in total. The van der Waals surface area contributed by atoms with Crippen LogP contribution in [0.2, 0.25) is 5.02 Å². The number of hydrogen-bond donors (Lipinski definition) is 4. The lowest BCUT2D eigenvalue weighted by atomic mass is 9.96. The number of anilines is 1. The second kappa shape index (κ2) is 15.2. The molecule has 2 aliphatic rings. The molecule has 45 heavy (non-hydrogen) atoms. The van der Waals surface area contributed by atoms with E-state index in [2.05, 4.69) is 26.4 Å². The maximum absolute atomic E-state index is 13.6. The first-order valence-electron chi connectivity index (χ1n) is 14.3. The van der Waals surface area contributed by atoms with Gasteiger partial charge in [-0.25, -0.2) is 0 Å². The van der Waals surface area contributed by atoms with Gasteiger partial charge in [0, 0.05) is 50.3 Å². The fourth-order valence-electron chi connectivity index (χ4n) is 5.17. The number of benzene rings is 3. The number of rotatable bonds is 3. The Hall–Kier alpha value is -4.23. The van der Waals surface area contributed by atoms with Crippen molar-refractivity contribution < 1.29 is 19.2 Å². The van der Waals surface area contributed by atoms with E-state index in [0.29, 0.717) is 28.4 Å². The number of halogens is 2. The van der Waals surface area contributed by atoms with E-state index >= 15 is 0 Å². The molecule has 0 saturated heterocycles. The molecule has 234 valence electrons. The largest absolute Gasteiger partial charge is 0.357 e. The first-order valence-corrected chi connectivity index (χ1v) is 14.7. The standard InChI is InChI=1S/C33H33ClN6O4.HI/c1-35-31(42)27-17-21-6-10-25(11-7-21)37-32(43)28(39-33(44)29-14-15-36-40(29)2)19-24-18-23(9-12-26(24)34)22-5-3-4-20(16-22)8-13-30(41)38-27;/h3-7,9-12,14-16,18,27-28H,8,13,17,19H2,1-2H3,(H,35,42)(H,37,43)(H,38,41)(H,39,44);1H/t27-,28+;/m1./s1. The average molecular weight is 741 g/mol. The molecule has 0 radical (unpaired) electrons. The summed E-state index contributed by atoms with van der Waals surface area (Å²) in [5.41, 5.74) is 5.04. The van der Waals surface area contributed by atoms with Gasteiger partial charge in [-0.2, -0.15) is 5.10 Å². The van der Waals surface area contributed by atoms with E-state index in [4.69, 9.17) is 11.6 Å². The zero-order valence-corrected chi connectivity index (χ0v) is 27.9. The molecule has 4 aromatic rings. The van der Waals surface area contributed by atoms with Crippen molar-refractivity contribution in [2.75, 3.05) is 12.4 Å². The predicted molar refractivity (Wildman–Crippen MR) is 184 cm³/mol. The number of aromatic nitrogens is 2. The van der Waals surface area contributed by atoms with Crippen molar-refractivity contribution in [3.8, 4) is 11.1 Å². The molecule has 10 nitrogen and oxygen atoms in total. The lowest BCUT2D eigenvalue weighted by molar-refractivity contribution is -0.128. The molecule has 2 aliphatic heterocycles. The number of nitrogens with zero attached hydrogens (tertiary/aromatic N) is 2. The number of aryl methyl sites for hydroxylation is 2. The van der Waals surface area contributed by atoms with Crippen molar-refractivity contribution >= 4 is 64.9 Å². The van der Waals surface area contributed by atoms with E-state index < -0.39 is 23.9 Å². The molecule has 3 heterocycles. The molecule has 0 spiro atoms. The summed E-state index contributed by atoms with van der Waals surface area (Å²) in [5.74, 6) is -1.40. The third kappa shape index (κ3) is 8.49. The van der Waals surface area contributed by atoms with Crippen LogP contribution in [0, 0.1) is 0 Å². The minimum absolute atomic E-state index is 0. The van der Waals surface area contributed by atoms with E-state index in [0.717, 1.165) is 22.3 Å². The van der Waals surface area contributed by atoms with E-state index in [1.807, 2.05) is 36.4 Å². The van der Waals surface area contributed by atoms with Crippen LogP contribution < -0.4 is 21.3 Å². The van der Waals surface area contributed by atoms with E-state index in [9.17, 15) is 19.2 Å². The van der Waals surface area contributed by atoms with Gasteiger partial charge in [0.2, 0.25) is 17.7 Å². The number of amides is 4. The molecule has 4 amide bonds. The van der Waals surface area contributed by atoms with Crippen LogP contribution >= 0.6 is 35.6 Å². The third-order valence-corrected chi connectivity index (χ3v) is 7.97. The fourth-order valence-corrected chi connectivity index (χ4v) is 5.37. The number of likely N-dealkylation sites (N-methyl/N-ethyl adjacent to an activating group) is 1. The Morgan fingerprint density at radius 1 is 0.933 bits per heavy atom. The minimum atomic E-state index is -0.963. The van der Waals surface area contributed by atoms with Crippen molar-refractivity contribution in [3.63, 3.8) is 0 Å². The number of nitrogens with one attached hydrogen (secondary N) is 4. The van der Waals surface area contributed by atoms with Gasteiger partial charge in [0.25, 0.3) is 5.91 Å². The zero-order valence-electron chi connectivity index (χ0n) is 24.8. The van der Waals surface area contributed by atoms with Crippen LogP contribution in [0.5, 0.6) is 0 Å². The summed E-state index contributed by atoms with van der Waals surface area (Å²) in [4.78, 5) is 52.3. The molecule has 2 atom stereocenters. The number of carbonyl (C=O) groups excluding carboxylic acids is 4. The van der Waals surface area contributed by atoms with E-state index in [-0.39, 0.29) is 55.1 Å². The Morgan fingerprint density at radius 2 is 1.69 bits per heavy atom. The summed E-state index contributed by atoms with van der Waals surface area (Å²) >= 11 is 6.62. The molecule has 0 saturated carbocycles. The number of carbonyl (C=O) groups is 4. The highest BCUT2D eigenvalue weighted by Crippen LogP contribution is 2.28. The van der Waals surface area contributed by atoms with Gasteiger partial charge in [0.15, 0.2) is 0 Å². The van der Waals surface area contributed by atoms with Crippen LogP contribution in [0.4, 0.5) is 5.69 Å². The van der Waals surface area contributed by atoms with Crippen LogP contribution in [0.25, 0.3) is 11.1 Å². The molecule has 6 bridgehead atoms. The smallest absolute Gasteiger partial charge is 0.270 e. The Labute approximate surface area is 283 Å². The Bertz CT molecular complexity index is 1710. The first-order chi connectivity index (χ1) is 21.2. The summed E-state index contributed by atoms with van der Waals surface area (Å²) in [6.45, 7) is 0. The summed E-state index contributed by atoms with van der Waals surface area (Å²) in [7, 11) is 3.18. The second-order valence-electron chi connectivity index (χ2n) is 10.7. The fraction of sp³-hybridized carbons (Fsp3) is 0.242. The quantitative estimate of drug-likeness (QED) is 0.235. The molecule has 12 heteroatoms. The number of hydrogen-bond acceptors (Lipinski definition) is 5. The van der Waals surface area contributed by atoms with Crippen molar-refractivity contribution in [1.82, 2.24) is 25.7 Å². The molecule has 6 rings (SSSR count). The molecule has 1 aromatic heterocycles. The van der Waals surface area contributed by atoms with Crippen molar-refractivity contribution in [1.29, 1.82) is 0 Å². The van der Waals surface area contributed by atoms with Crippen molar-refractivity contribution in [2.24, 2.45) is 7.05 Å². The topological polar surface area (TPSA) is 134 Å². The summed E-state index contributed by atoms with van der Waals surface area (Å²) < 4.78 is 1.44. The third-order valence-electron chi connectivity index (χ3n) is 7.61. The predicted octanol–water partition coefficient (Wildman–Crippen LogP) is 4.06. The molecular formula is C33H34ClIN6O4. The highest BCUT2D eigenvalue weighted by Gasteiger charge is 2.25. The maximum Gasteiger partial charge on any atom is 0.270 e.